The third-order valence-electron chi connectivity index (χ3n) is 10.9. The number of hydrogen-bond donors (Lipinski definition) is 1. The van der Waals surface area contributed by atoms with Crippen LogP contribution in [-0.2, 0) is 31.6 Å². The first-order chi connectivity index (χ1) is 21.4. The highest BCUT2D eigenvalue weighted by Gasteiger charge is 2.51. The molecular weight excluding hydrogens is 629 g/mol. The van der Waals surface area contributed by atoms with E-state index in [1.807, 2.05) is 19.1 Å². The number of sulfonamides is 1. The summed E-state index contributed by atoms with van der Waals surface area (Å²) in [7, 11) is -3.81. The van der Waals surface area contributed by atoms with Crippen LogP contribution < -0.4 is 9.62 Å². The van der Waals surface area contributed by atoms with Gasteiger partial charge < -0.3 is 10.2 Å². The van der Waals surface area contributed by atoms with Gasteiger partial charge in [-0.15, -0.1) is 0 Å². The van der Waals surface area contributed by atoms with Gasteiger partial charge in [-0.3, -0.25) is 13.9 Å². The zero-order valence-electron chi connectivity index (χ0n) is 26.3. The Balaban J connectivity index is 1.25. The van der Waals surface area contributed by atoms with Crippen molar-refractivity contribution >= 4 is 50.7 Å². The highest BCUT2D eigenvalue weighted by molar-refractivity contribution is 7.92. The fourth-order valence-corrected chi connectivity index (χ4v) is 10.4. The van der Waals surface area contributed by atoms with E-state index in [9.17, 15) is 18.0 Å². The molecule has 0 aromatic heterocycles. The summed E-state index contributed by atoms with van der Waals surface area (Å²) >= 11 is 12.4. The first kappa shape index (κ1) is 32.6. The van der Waals surface area contributed by atoms with Gasteiger partial charge in [0.1, 0.15) is 12.6 Å². The number of carbonyl (C=O) groups is 2. The van der Waals surface area contributed by atoms with Gasteiger partial charge >= 0.3 is 0 Å². The summed E-state index contributed by atoms with van der Waals surface area (Å²) < 4.78 is 27.5. The molecule has 1 unspecified atom stereocenters. The summed E-state index contributed by atoms with van der Waals surface area (Å²) in [5, 5.41) is 3.88. The lowest BCUT2D eigenvalue weighted by molar-refractivity contribution is -0.140. The second-order valence-corrected chi connectivity index (χ2v) is 16.9. The Kier molecular flexibility index (Phi) is 9.48. The molecule has 1 atom stereocenters. The normalized spacial score (nSPS) is 26.5. The van der Waals surface area contributed by atoms with Gasteiger partial charge in [0, 0.05) is 12.6 Å². The van der Waals surface area contributed by atoms with Gasteiger partial charge in [-0.05, 0) is 116 Å². The minimum atomic E-state index is -3.81. The van der Waals surface area contributed by atoms with Crippen LogP contribution in [0.15, 0.2) is 42.5 Å². The number of hydrogen-bond acceptors (Lipinski definition) is 4. The average Bonchev–Trinajstić information content (AvgIpc) is 3.49. The summed E-state index contributed by atoms with van der Waals surface area (Å²) in [6.07, 6.45) is 13.2. The third-order valence-corrected chi connectivity index (χ3v) is 12.8. The van der Waals surface area contributed by atoms with E-state index in [-0.39, 0.29) is 23.9 Å². The smallest absolute Gasteiger partial charge is 0.244 e. The molecule has 2 aromatic rings. The maximum atomic E-state index is 14.1. The van der Waals surface area contributed by atoms with E-state index in [4.69, 9.17) is 23.2 Å². The maximum absolute atomic E-state index is 14.1. The van der Waals surface area contributed by atoms with Crippen LogP contribution in [0, 0.1) is 17.8 Å². The van der Waals surface area contributed by atoms with Crippen LogP contribution in [0.5, 0.6) is 0 Å². The fraction of sp³-hybridized carbons (Fsp3) is 0.600. The summed E-state index contributed by atoms with van der Waals surface area (Å²) in [6, 6.07) is 12.3. The number of nitrogens with zero attached hydrogens (tertiary/aromatic N) is 2. The molecule has 7 nitrogen and oxygen atoms in total. The van der Waals surface area contributed by atoms with Crippen LogP contribution in [-0.4, -0.2) is 50.0 Å². The largest absolute Gasteiger partial charge is 0.352 e. The Morgan fingerprint density at radius 3 is 2.07 bits per heavy atom. The van der Waals surface area contributed by atoms with Gasteiger partial charge in [-0.2, -0.15) is 0 Å². The number of carbonyl (C=O) groups excluding carboxylic acids is 2. The minimum Gasteiger partial charge on any atom is -0.352 e. The predicted octanol–water partition coefficient (Wildman–Crippen LogP) is 7.09. The summed E-state index contributed by atoms with van der Waals surface area (Å²) in [5.41, 5.74) is 2.64. The quantitative estimate of drug-likeness (QED) is 0.276. The SMILES string of the molecule is CCC(C(=O)NC1CCCC1)N(Cc1ccc(Cl)c(Cl)c1)C(=O)CN(c1ccc(C23CC4CC(CC(C4)C2)C3)cc1)S(C)(=O)=O. The minimum absolute atomic E-state index is 0.0912. The second kappa shape index (κ2) is 13.1. The maximum Gasteiger partial charge on any atom is 0.244 e. The first-order valence-electron chi connectivity index (χ1n) is 16.6. The summed E-state index contributed by atoms with van der Waals surface area (Å²) in [5.74, 6) is 1.74. The molecule has 5 aliphatic carbocycles. The van der Waals surface area contributed by atoms with Crippen molar-refractivity contribution in [1.82, 2.24) is 10.2 Å². The van der Waals surface area contributed by atoms with E-state index in [1.165, 1.54) is 53.3 Å². The number of benzene rings is 2. The molecule has 7 rings (SSSR count). The molecule has 1 N–H and O–H groups in total. The van der Waals surface area contributed by atoms with Crippen LogP contribution in [0.4, 0.5) is 5.69 Å². The van der Waals surface area contributed by atoms with Crippen LogP contribution >= 0.6 is 23.2 Å². The lowest BCUT2D eigenvalue weighted by Crippen LogP contribution is -2.53. The van der Waals surface area contributed by atoms with Gasteiger partial charge in [0.15, 0.2) is 0 Å². The van der Waals surface area contributed by atoms with Crippen molar-refractivity contribution in [2.24, 2.45) is 17.8 Å². The molecule has 5 fully saturated rings. The summed E-state index contributed by atoms with van der Waals surface area (Å²) in [6.45, 7) is 1.55. The number of amides is 2. The molecule has 4 bridgehead atoms. The Labute approximate surface area is 278 Å². The topological polar surface area (TPSA) is 86.8 Å². The molecule has 0 heterocycles. The molecule has 45 heavy (non-hydrogen) atoms. The fourth-order valence-electron chi connectivity index (χ4n) is 9.18. The molecule has 5 saturated carbocycles. The molecule has 0 aliphatic heterocycles. The number of nitrogens with one attached hydrogen (secondary N) is 1. The van der Waals surface area contributed by atoms with E-state index in [1.54, 1.807) is 18.2 Å². The van der Waals surface area contributed by atoms with E-state index in [0.717, 1.165) is 49.7 Å². The molecule has 5 aliphatic rings. The number of halogens is 2. The average molecular weight is 675 g/mol. The van der Waals surface area contributed by atoms with Crippen molar-refractivity contribution in [2.45, 2.75) is 102 Å². The molecular formula is C35H45Cl2N3O4S. The van der Waals surface area contributed by atoms with Crippen molar-refractivity contribution in [3.8, 4) is 0 Å². The van der Waals surface area contributed by atoms with Crippen molar-refractivity contribution < 1.29 is 18.0 Å². The zero-order chi connectivity index (χ0) is 31.9. The Morgan fingerprint density at radius 2 is 1.53 bits per heavy atom. The molecule has 0 spiro atoms. The predicted molar refractivity (Wildman–Crippen MR) is 180 cm³/mol. The van der Waals surface area contributed by atoms with Crippen LogP contribution in [0.25, 0.3) is 0 Å². The van der Waals surface area contributed by atoms with Gasteiger partial charge in [-0.25, -0.2) is 8.42 Å². The lowest BCUT2D eigenvalue weighted by atomic mass is 9.48. The van der Waals surface area contributed by atoms with Crippen LogP contribution in [0.1, 0.15) is 88.7 Å². The zero-order valence-corrected chi connectivity index (χ0v) is 28.6. The van der Waals surface area contributed by atoms with E-state index in [0.29, 0.717) is 27.7 Å². The second-order valence-electron chi connectivity index (χ2n) is 14.2. The lowest BCUT2D eigenvalue weighted by Gasteiger charge is -2.57. The third kappa shape index (κ3) is 7.03. The van der Waals surface area contributed by atoms with E-state index < -0.39 is 28.5 Å². The van der Waals surface area contributed by atoms with E-state index >= 15 is 0 Å². The molecule has 244 valence electrons. The highest BCUT2D eigenvalue weighted by atomic mass is 35.5. The van der Waals surface area contributed by atoms with Gasteiger partial charge in [-0.1, -0.05) is 61.2 Å². The standard InChI is InChI=1S/C35H45Cl2N3O4S/c1-3-32(34(42)38-28-6-4-5-7-28)39(21-23-8-13-30(36)31(37)17-23)33(41)22-40(45(2,43)44)29-11-9-27(10-12-29)35-18-24-14-25(19-35)16-26(15-24)20-35/h8-13,17,24-26,28,32H,3-7,14-16,18-22H2,1-2H3,(H,38,42). The summed E-state index contributed by atoms with van der Waals surface area (Å²) in [4.78, 5) is 29.2. The molecule has 0 saturated heterocycles. The molecule has 10 heteroatoms. The van der Waals surface area contributed by atoms with Gasteiger partial charge in [0.2, 0.25) is 21.8 Å². The Bertz CT molecular complexity index is 1490. The highest BCUT2D eigenvalue weighted by Crippen LogP contribution is 2.60. The Morgan fingerprint density at radius 1 is 0.933 bits per heavy atom. The van der Waals surface area contributed by atoms with Crippen LogP contribution in [0.2, 0.25) is 10.0 Å². The number of anilines is 1. The number of rotatable bonds is 11. The van der Waals surface area contributed by atoms with Crippen molar-refractivity contribution in [3.63, 3.8) is 0 Å². The molecule has 2 amide bonds. The van der Waals surface area contributed by atoms with Gasteiger partial charge in [0.05, 0.1) is 22.0 Å². The van der Waals surface area contributed by atoms with E-state index in [2.05, 4.69) is 17.4 Å². The Hall–Kier alpha value is -2.29. The van der Waals surface area contributed by atoms with Crippen molar-refractivity contribution in [2.75, 3.05) is 17.1 Å². The monoisotopic (exact) mass is 673 g/mol. The van der Waals surface area contributed by atoms with Crippen molar-refractivity contribution in [3.05, 3.63) is 63.6 Å². The van der Waals surface area contributed by atoms with Gasteiger partial charge in [0.25, 0.3) is 0 Å². The molecule has 2 aromatic carbocycles. The van der Waals surface area contributed by atoms with Crippen molar-refractivity contribution in [1.29, 1.82) is 0 Å². The first-order valence-corrected chi connectivity index (χ1v) is 19.2. The van der Waals surface area contributed by atoms with Crippen LogP contribution in [0.3, 0.4) is 0 Å². The molecule has 0 radical (unpaired) electrons.